The third-order valence-electron chi connectivity index (χ3n) is 6.07. The van der Waals surface area contributed by atoms with E-state index in [1.54, 1.807) is 12.1 Å². The molecule has 174 valence electrons. The lowest BCUT2D eigenvalue weighted by Gasteiger charge is -2.19. The third-order valence-corrected chi connectivity index (χ3v) is 6.07. The number of rotatable bonds is 5. The van der Waals surface area contributed by atoms with Crippen LogP contribution in [0.25, 0.3) is 5.57 Å². The minimum absolute atomic E-state index is 0.0273. The van der Waals surface area contributed by atoms with E-state index in [4.69, 9.17) is 0 Å². The molecule has 1 aliphatic rings. The van der Waals surface area contributed by atoms with E-state index in [1.165, 1.54) is 10.5 Å². The zero-order valence-electron chi connectivity index (χ0n) is 20.6. The number of nitrogens with one attached hydrogen (secondary N) is 1. The molecular weight excluding hydrogens is 422 g/mol. The van der Waals surface area contributed by atoms with Crippen LogP contribution in [-0.2, 0) is 15.0 Å². The highest BCUT2D eigenvalue weighted by molar-refractivity contribution is 6.46. The first-order valence-electron chi connectivity index (χ1n) is 11.4. The molecule has 1 heterocycles. The molecule has 0 aliphatic carbocycles. The van der Waals surface area contributed by atoms with Gasteiger partial charge in [-0.25, -0.2) is 4.90 Å². The van der Waals surface area contributed by atoms with Gasteiger partial charge in [0.05, 0.1) is 11.3 Å². The summed E-state index contributed by atoms with van der Waals surface area (Å²) in [5.41, 5.74) is 5.99. The smallest absolute Gasteiger partial charge is 0.282 e. The molecule has 0 radical (unpaired) electrons. The van der Waals surface area contributed by atoms with Crippen LogP contribution < -0.4 is 15.1 Å². The van der Waals surface area contributed by atoms with Crippen LogP contribution in [0.1, 0.15) is 37.5 Å². The van der Waals surface area contributed by atoms with Crippen LogP contribution >= 0.6 is 0 Å². The molecule has 3 aromatic rings. The molecule has 0 bridgehead atoms. The van der Waals surface area contributed by atoms with E-state index in [9.17, 15) is 9.59 Å². The SMILES string of the molecule is Cc1ccc(C2=C(Nc3ccc(C(C)(C)C)cc3)C(=O)N(c3ccc(N(C)C)cc3)C2=O)cc1. The van der Waals surface area contributed by atoms with E-state index >= 15 is 0 Å². The average Bonchev–Trinajstić information content (AvgIpc) is 3.03. The molecule has 0 atom stereocenters. The van der Waals surface area contributed by atoms with Gasteiger partial charge in [-0.3, -0.25) is 9.59 Å². The Labute approximate surface area is 201 Å². The number of hydrogen-bond donors (Lipinski definition) is 1. The van der Waals surface area contributed by atoms with E-state index in [-0.39, 0.29) is 22.9 Å². The van der Waals surface area contributed by atoms with Crippen LogP contribution in [0.15, 0.2) is 78.5 Å². The van der Waals surface area contributed by atoms with E-state index in [0.717, 1.165) is 16.9 Å². The molecule has 0 saturated carbocycles. The van der Waals surface area contributed by atoms with E-state index in [2.05, 4.69) is 26.1 Å². The van der Waals surface area contributed by atoms with Crippen LogP contribution in [0.3, 0.4) is 0 Å². The van der Waals surface area contributed by atoms with Crippen molar-refractivity contribution in [3.05, 3.63) is 95.2 Å². The van der Waals surface area contributed by atoms with Gasteiger partial charge in [-0.2, -0.15) is 0 Å². The second kappa shape index (κ2) is 8.82. The molecular formula is C29H31N3O2. The molecule has 2 amide bonds. The molecule has 0 unspecified atom stereocenters. The number of carbonyl (C=O) groups is 2. The summed E-state index contributed by atoms with van der Waals surface area (Å²) in [5.74, 6) is -0.696. The van der Waals surface area contributed by atoms with Gasteiger partial charge in [0.15, 0.2) is 0 Å². The van der Waals surface area contributed by atoms with Crippen LogP contribution in [-0.4, -0.2) is 25.9 Å². The summed E-state index contributed by atoms with van der Waals surface area (Å²) in [6, 6.07) is 23.1. The van der Waals surface area contributed by atoms with Gasteiger partial charge in [0.1, 0.15) is 5.70 Å². The Morgan fingerprint density at radius 1 is 0.765 bits per heavy atom. The summed E-state index contributed by atoms with van der Waals surface area (Å²) in [4.78, 5) is 30.4. The van der Waals surface area contributed by atoms with Crippen LogP contribution in [0, 0.1) is 6.92 Å². The summed E-state index contributed by atoms with van der Waals surface area (Å²) in [6.07, 6.45) is 0. The number of imide groups is 1. The molecule has 0 spiro atoms. The summed E-state index contributed by atoms with van der Waals surface area (Å²) in [7, 11) is 3.90. The first kappa shape index (κ1) is 23.3. The second-order valence-electron chi connectivity index (χ2n) is 9.92. The largest absolute Gasteiger partial charge is 0.378 e. The molecule has 1 N–H and O–H groups in total. The van der Waals surface area contributed by atoms with Gasteiger partial charge in [-0.05, 0) is 59.9 Å². The first-order valence-corrected chi connectivity index (χ1v) is 11.4. The monoisotopic (exact) mass is 453 g/mol. The van der Waals surface area contributed by atoms with E-state index < -0.39 is 0 Å². The fourth-order valence-corrected chi connectivity index (χ4v) is 3.97. The Bertz CT molecular complexity index is 1250. The van der Waals surface area contributed by atoms with Gasteiger partial charge < -0.3 is 10.2 Å². The molecule has 0 aromatic heterocycles. The van der Waals surface area contributed by atoms with E-state index in [1.807, 2.05) is 86.6 Å². The topological polar surface area (TPSA) is 52.7 Å². The maximum atomic E-state index is 13.6. The number of aryl methyl sites for hydroxylation is 1. The van der Waals surface area contributed by atoms with Crippen molar-refractivity contribution >= 4 is 34.4 Å². The fourth-order valence-electron chi connectivity index (χ4n) is 3.97. The lowest BCUT2D eigenvalue weighted by Crippen LogP contribution is -2.32. The molecule has 0 saturated heterocycles. The molecule has 5 nitrogen and oxygen atoms in total. The fraction of sp³-hybridized carbons (Fsp3) is 0.241. The van der Waals surface area contributed by atoms with Crippen LogP contribution in [0.4, 0.5) is 17.1 Å². The highest BCUT2D eigenvalue weighted by Crippen LogP contribution is 2.35. The summed E-state index contributed by atoms with van der Waals surface area (Å²) in [5, 5.41) is 3.25. The molecule has 1 aliphatic heterocycles. The summed E-state index contributed by atoms with van der Waals surface area (Å²) >= 11 is 0. The van der Waals surface area contributed by atoms with Crippen molar-refractivity contribution in [1.29, 1.82) is 0 Å². The Morgan fingerprint density at radius 2 is 1.35 bits per heavy atom. The Hall–Kier alpha value is -3.86. The lowest BCUT2D eigenvalue weighted by molar-refractivity contribution is -0.120. The first-order chi connectivity index (χ1) is 16.1. The predicted octanol–water partition coefficient (Wildman–Crippen LogP) is 5.76. The van der Waals surface area contributed by atoms with Crippen molar-refractivity contribution in [3.8, 4) is 0 Å². The highest BCUT2D eigenvalue weighted by atomic mass is 16.2. The zero-order chi connectivity index (χ0) is 24.6. The van der Waals surface area contributed by atoms with Gasteiger partial charge in [0.2, 0.25) is 0 Å². The quantitative estimate of drug-likeness (QED) is 0.500. The Balaban J connectivity index is 1.75. The van der Waals surface area contributed by atoms with Crippen molar-refractivity contribution in [2.24, 2.45) is 0 Å². The van der Waals surface area contributed by atoms with Crippen molar-refractivity contribution < 1.29 is 9.59 Å². The number of amides is 2. The van der Waals surface area contributed by atoms with Crippen LogP contribution in [0.5, 0.6) is 0 Å². The standard InChI is InChI=1S/C29H31N3O2/c1-19-7-9-20(10-8-19)25-26(30-22-13-11-21(12-14-22)29(2,3)4)28(34)32(27(25)33)24-17-15-23(16-18-24)31(5)6/h7-18,30H,1-6H3. The zero-order valence-corrected chi connectivity index (χ0v) is 20.6. The molecule has 3 aromatic carbocycles. The predicted molar refractivity (Wildman–Crippen MR) is 140 cm³/mol. The van der Waals surface area contributed by atoms with Gasteiger partial charge in [0, 0.05) is 25.5 Å². The second-order valence-corrected chi connectivity index (χ2v) is 9.92. The minimum Gasteiger partial charge on any atom is -0.378 e. The van der Waals surface area contributed by atoms with E-state index in [0.29, 0.717) is 16.8 Å². The van der Waals surface area contributed by atoms with Gasteiger partial charge in [0.25, 0.3) is 11.8 Å². The number of anilines is 3. The number of carbonyl (C=O) groups excluding carboxylic acids is 2. The van der Waals surface area contributed by atoms with Crippen molar-refractivity contribution in [3.63, 3.8) is 0 Å². The summed E-state index contributed by atoms with van der Waals surface area (Å²) in [6.45, 7) is 8.47. The number of benzene rings is 3. The maximum Gasteiger partial charge on any atom is 0.282 e. The summed E-state index contributed by atoms with van der Waals surface area (Å²) < 4.78 is 0. The van der Waals surface area contributed by atoms with Crippen molar-refractivity contribution in [2.45, 2.75) is 33.1 Å². The highest BCUT2D eigenvalue weighted by Gasteiger charge is 2.40. The lowest BCUT2D eigenvalue weighted by atomic mass is 9.87. The van der Waals surface area contributed by atoms with Gasteiger partial charge >= 0.3 is 0 Å². The number of nitrogens with zero attached hydrogens (tertiary/aromatic N) is 2. The Kier molecular flexibility index (Phi) is 6.05. The average molecular weight is 454 g/mol. The third kappa shape index (κ3) is 4.46. The normalized spacial score (nSPS) is 14.1. The van der Waals surface area contributed by atoms with Crippen LogP contribution in [0.2, 0.25) is 0 Å². The number of hydrogen-bond acceptors (Lipinski definition) is 4. The van der Waals surface area contributed by atoms with Crippen molar-refractivity contribution in [1.82, 2.24) is 0 Å². The molecule has 0 fully saturated rings. The van der Waals surface area contributed by atoms with Gasteiger partial charge in [-0.15, -0.1) is 0 Å². The van der Waals surface area contributed by atoms with Crippen molar-refractivity contribution in [2.75, 3.05) is 29.2 Å². The maximum absolute atomic E-state index is 13.6. The minimum atomic E-state index is -0.363. The molecule has 5 heteroatoms. The molecule has 4 rings (SSSR count). The molecule has 34 heavy (non-hydrogen) atoms. The van der Waals surface area contributed by atoms with Gasteiger partial charge in [-0.1, -0.05) is 62.7 Å². The Morgan fingerprint density at radius 3 is 1.88 bits per heavy atom.